The standard InChI is InChI=1S/C14H18N4O5S/c15-18-12(17-3-5-21-6-4-17)13(24)23-14(18)16-9-1-2-10(20)11(7-9)22-8-19/h1-2,7,19-20,24H,3-6,8,15H2. The number of phenolic OH excluding ortho intramolecular Hbond substituents is 1. The first kappa shape index (κ1) is 16.6. The van der Waals surface area contributed by atoms with Crippen molar-refractivity contribution in [1.82, 2.24) is 4.68 Å². The van der Waals surface area contributed by atoms with Gasteiger partial charge in [-0.2, -0.15) is 9.67 Å². The van der Waals surface area contributed by atoms with E-state index in [0.29, 0.717) is 42.9 Å². The van der Waals surface area contributed by atoms with Crippen molar-refractivity contribution in [3.63, 3.8) is 0 Å². The Morgan fingerprint density at radius 3 is 2.79 bits per heavy atom. The van der Waals surface area contributed by atoms with Crippen LogP contribution in [0.2, 0.25) is 0 Å². The number of oxazole rings is 1. The molecule has 3 rings (SSSR count). The van der Waals surface area contributed by atoms with E-state index in [2.05, 4.69) is 17.6 Å². The fourth-order valence-corrected chi connectivity index (χ4v) is 2.71. The summed E-state index contributed by atoms with van der Waals surface area (Å²) >= 11 is 4.33. The van der Waals surface area contributed by atoms with E-state index in [9.17, 15) is 5.11 Å². The molecule has 0 aliphatic carbocycles. The molecule has 0 atom stereocenters. The van der Waals surface area contributed by atoms with Crippen LogP contribution in [0.1, 0.15) is 0 Å². The number of hydrogen-bond acceptors (Lipinski definition) is 9. The van der Waals surface area contributed by atoms with E-state index >= 15 is 0 Å². The Balaban J connectivity index is 1.97. The summed E-state index contributed by atoms with van der Waals surface area (Å²) in [6, 6.07) is 4.42. The molecule has 1 aromatic heterocycles. The number of ether oxygens (including phenoxy) is 2. The maximum absolute atomic E-state index is 9.64. The Hall–Kier alpha value is -2.30. The van der Waals surface area contributed by atoms with Crippen molar-refractivity contribution in [2.75, 3.05) is 43.8 Å². The Morgan fingerprint density at radius 1 is 1.33 bits per heavy atom. The van der Waals surface area contributed by atoms with E-state index in [1.54, 1.807) is 6.07 Å². The largest absolute Gasteiger partial charge is 0.504 e. The monoisotopic (exact) mass is 354 g/mol. The first-order valence-electron chi connectivity index (χ1n) is 7.24. The van der Waals surface area contributed by atoms with Crippen LogP contribution in [0, 0.1) is 0 Å². The maximum atomic E-state index is 9.64. The molecular weight excluding hydrogens is 336 g/mol. The van der Waals surface area contributed by atoms with Crippen molar-refractivity contribution >= 4 is 24.1 Å². The fourth-order valence-electron chi connectivity index (χ4n) is 2.38. The lowest BCUT2D eigenvalue weighted by Gasteiger charge is -2.27. The van der Waals surface area contributed by atoms with Crippen molar-refractivity contribution in [2.45, 2.75) is 5.09 Å². The average Bonchev–Trinajstić information content (AvgIpc) is 2.85. The number of aliphatic hydroxyl groups excluding tert-OH is 1. The number of nitrogen functional groups attached to an aromatic ring is 1. The van der Waals surface area contributed by atoms with Crippen molar-refractivity contribution in [3.8, 4) is 11.5 Å². The number of benzene rings is 1. The lowest BCUT2D eigenvalue weighted by Crippen LogP contribution is -2.40. The number of aromatic hydroxyl groups is 1. The second-order valence-corrected chi connectivity index (χ2v) is 5.43. The molecule has 0 radical (unpaired) electrons. The van der Waals surface area contributed by atoms with Gasteiger partial charge in [-0.15, -0.1) is 12.6 Å². The van der Waals surface area contributed by atoms with Crippen LogP contribution in [0.25, 0.3) is 0 Å². The summed E-state index contributed by atoms with van der Waals surface area (Å²) in [5, 5.41) is 18.8. The van der Waals surface area contributed by atoms with Gasteiger partial charge in [0.25, 0.3) is 0 Å². The number of nitrogens with two attached hydrogens (primary N) is 1. The number of thiol groups is 1. The van der Waals surface area contributed by atoms with Crippen LogP contribution in [0.4, 0.5) is 11.5 Å². The first-order chi connectivity index (χ1) is 11.6. The zero-order valence-corrected chi connectivity index (χ0v) is 13.6. The van der Waals surface area contributed by atoms with Gasteiger partial charge in [-0.05, 0) is 12.1 Å². The number of rotatable bonds is 4. The van der Waals surface area contributed by atoms with Crippen molar-refractivity contribution < 1.29 is 24.1 Å². The van der Waals surface area contributed by atoms with Crippen molar-refractivity contribution in [1.29, 1.82) is 0 Å². The number of nitrogens with zero attached hydrogens (tertiary/aromatic N) is 3. The van der Waals surface area contributed by atoms with E-state index in [1.165, 1.54) is 16.8 Å². The molecule has 0 bridgehead atoms. The Kier molecular flexibility index (Phi) is 4.88. The molecule has 1 aliphatic heterocycles. The molecule has 0 saturated carbocycles. The van der Waals surface area contributed by atoms with Gasteiger partial charge in [0, 0.05) is 19.2 Å². The predicted octanol–water partition coefficient (Wildman–Crippen LogP) is 0.187. The van der Waals surface area contributed by atoms with E-state index in [4.69, 9.17) is 24.8 Å². The highest BCUT2D eigenvalue weighted by atomic mass is 32.1. The van der Waals surface area contributed by atoms with Crippen molar-refractivity contribution in [2.24, 2.45) is 4.99 Å². The zero-order valence-electron chi connectivity index (χ0n) is 12.8. The quantitative estimate of drug-likeness (QED) is 0.351. The molecule has 4 N–H and O–H groups in total. The SMILES string of the molecule is Nn1c(N2CCOCC2)c(S)oc1=Nc1ccc(O)c(OCO)c1. The molecule has 0 spiro atoms. The summed E-state index contributed by atoms with van der Waals surface area (Å²) in [6.45, 7) is 2.00. The summed E-state index contributed by atoms with van der Waals surface area (Å²) in [4.78, 5) is 6.30. The van der Waals surface area contributed by atoms with Crippen LogP contribution < -0.4 is 21.2 Å². The molecule has 1 aromatic carbocycles. The molecule has 0 unspecified atom stereocenters. The maximum Gasteiger partial charge on any atom is 0.324 e. The highest BCUT2D eigenvalue weighted by Crippen LogP contribution is 2.30. The molecule has 10 heteroatoms. The van der Waals surface area contributed by atoms with E-state index in [-0.39, 0.29) is 17.2 Å². The lowest BCUT2D eigenvalue weighted by molar-refractivity contribution is 0.0956. The number of phenols is 1. The van der Waals surface area contributed by atoms with Gasteiger partial charge in [-0.1, -0.05) is 0 Å². The summed E-state index contributed by atoms with van der Waals surface area (Å²) < 4.78 is 17.1. The van der Waals surface area contributed by atoms with E-state index < -0.39 is 6.79 Å². The smallest absolute Gasteiger partial charge is 0.324 e. The summed E-state index contributed by atoms with van der Waals surface area (Å²) in [5.74, 6) is 6.70. The molecule has 2 aromatic rings. The molecule has 9 nitrogen and oxygen atoms in total. The molecular formula is C14H18N4O5S. The minimum absolute atomic E-state index is 0.105. The highest BCUT2D eigenvalue weighted by Gasteiger charge is 2.20. The highest BCUT2D eigenvalue weighted by molar-refractivity contribution is 7.80. The predicted molar refractivity (Wildman–Crippen MR) is 88.2 cm³/mol. The third kappa shape index (κ3) is 3.30. The molecule has 1 fully saturated rings. The van der Waals surface area contributed by atoms with Crippen LogP contribution in [0.15, 0.2) is 32.7 Å². The Labute approximate surface area is 142 Å². The Morgan fingerprint density at radius 2 is 2.08 bits per heavy atom. The third-order valence-electron chi connectivity index (χ3n) is 3.51. The van der Waals surface area contributed by atoms with Gasteiger partial charge in [0.2, 0.25) is 5.09 Å². The van der Waals surface area contributed by atoms with Gasteiger partial charge in [0.1, 0.15) is 0 Å². The minimum Gasteiger partial charge on any atom is -0.504 e. The van der Waals surface area contributed by atoms with Crippen LogP contribution in [0.5, 0.6) is 11.5 Å². The molecule has 130 valence electrons. The van der Waals surface area contributed by atoms with Crippen molar-refractivity contribution in [3.05, 3.63) is 23.9 Å². The average molecular weight is 354 g/mol. The van der Waals surface area contributed by atoms with Gasteiger partial charge in [-0.25, -0.2) is 0 Å². The van der Waals surface area contributed by atoms with E-state index in [1.807, 2.05) is 4.90 Å². The molecule has 1 saturated heterocycles. The Bertz CT molecular complexity index is 782. The van der Waals surface area contributed by atoms with Crippen LogP contribution in [-0.2, 0) is 4.74 Å². The first-order valence-corrected chi connectivity index (χ1v) is 7.69. The second-order valence-electron chi connectivity index (χ2n) is 5.02. The topological polar surface area (TPSA) is 119 Å². The van der Waals surface area contributed by atoms with Crippen LogP contribution >= 0.6 is 12.6 Å². The van der Waals surface area contributed by atoms with E-state index in [0.717, 1.165) is 0 Å². The fraction of sp³-hybridized carbons (Fsp3) is 0.357. The van der Waals surface area contributed by atoms with Gasteiger partial charge in [0.15, 0.2) is 24.1 Å². The number of anilines is 1. The number of aromatic nitrogens is 1. The molecule has 1 aliphatic rings. The lowest BCUT2D eigenvalue weighted by atomic mass is 10.3. The number of aliphatic hydroxyl groups is 1. The molecule has 24 heavy (non-hydrogen) atoms. The molecule has 0 amide bonds. The zero-order chi connectivity index (χ0) is 17.1. The summed E-state index contributed by atoms with van der Waals surface area (Å²) in [5.41, 5.74) is 0.577. The number of hydrogen-bond donors (Lipinski definition) is 4. The number of morpholine rings is 1. The summed E-state index contributed by atoms with van der Waals surface area (Å²) in [7, 11) is 0. The minimum atomic E-state index is -0.559. The van der Waals surface area contributed by atoms with Gasteiger partial charge >= 0.3 is 5.68 Å². The van der Waals surface area contributed by atoms with Crippen LogP contribution in [0.3, 0.4) is 0 Å². The summed E-state index contributed by atoms with van der Waals surface area (Å²) in [6.07, 6.45) is 0. The second kappa shape index (κ2) is 7.07. The molecule has 2 heterocycles. The van der Waals surface area contributed by atoms with Crippen LogP contribution in [-0.4, -0.2) is 48.0 Å². The van der Waals surface area contributed by atoms with Gasteiger partial charge in [-0.3, -0.25) is 0 Å². The third-order valence-corrected chi connectivity index (χ3v) is 3.80. The van der Waals surface area contributed by atoms with Gasteiger partial charge < -0.3 is 34.8 Å². The normalized spacial score (nSPS) is 15.8. The van der Waals surface area contributed by atoms with Gasteiger partial charge in [0.05, 0.1) is 18.9 Å².